The van der Waals surface area contributed by atoms with Crippen molar-refractivity contribution in [1.29, 1.82) is 0 Å². The number of fused-ring (bicyclic) bond motifs is 1. The lowest BCUT2D eigenvalue weighted by Gasteiger charge is -2.43. The fourth-order valence-electron chi connectivity index (χ4n) is 4.79. The second kappa shape index (κ2) is 7.24. The highest BCUT2D eigenvalue weighted by atomic mass is 16.5. The van der Waals surface area contributed by atoms with Gasteiger partial charge in [0, 0.05) is 11.5 Å². The summed E-state index contributed by atoms with van der Waals surface area (Å²) in [6.45, 7) is 6.12. The summed E-state index contributed by atoms with van der Waals surface area (Å²) in [4.78, 5) is 2.42. The molecule has 0 unspecified atom stereocenters. The Morgan fingerprint density at radius 1 is 1.23 bits per heavy atom. The first kappa shape index (κ1) is 17.9. The van der Waals surface area contributed by atoms with Gasteiger partial charge in [0.05, 0.1) is 12.7 Å². The number of ether oxygens (including phenoxy) is 2. The first-order valence-electron chi connectivity index (χ1n) is 10.0. The van der Waals surface area contributed by atoms with E-state index in [1.54, 1.807) is 6.08 Å². The molecule has 26 heavy (non-hydrogen) atoms. The smallest absolute Gasteiger partial charge is 0.161 e. The maximum atomic E-state index is 10.2. The van der Waals surface area contributed by atoms with E-state index in [4.69, 9.17) is 9.47 Å². The van der Waals surface area contributed by atoms with Gasteiger partial charge in [-0.3, -0.25) is 0 Å². The molecule has 4 heteroatoms. The molecule has 0 amide bonds. The number of rotatable bonds is 7. The third-order valence-electron chi connectivity index (χ3n) is 6.55. The van der Waals surface area contributed by atoms with Crippen LogP contribution < -0.4 is 9.47 Å². The number of likely N-dealkylation sites (N-methyl/N-ethyl adjacent to an activating group) is 1. The highest BCUT2D eigenvalue weighted by molar-refractivity contribution is 5.47. The monoisotopic (exact) mass is 357 g/mol. The number of benzene rings is 1. The fourth-order valence-corrected chi connectivity index (χ4v) is 4.79. The lowest BCUT2D eigenvalue weighted by molar-refractivity contribution is 0.0566. The van der Waals surface area contributed by atoms with Crippen LogP contribution in [0.2, 0.25) is 0 Å². The third kappa shape index (κ3) is 3.37. The van der Waals surface area contributed by atoms with Crippen LogP contribution in [0, 0.1) is 5.92 Å². The van der Waals surface area contributed by atoms with E-state index in [0.29, 0.717) is 18.6 Å². The zero-order chi connectivity index (χ0) is 18.1. The van der Waals surface area contributed by atoms with E-state index in [-0.39, 0.29) is 11.5 Å². The van der Waals surface area contributed by atoms with Gasteiger partial charge in [-0.2, -0.15) is 0 Å². The average molecular weight is 357 g/mol. The molecule has 1 heterocycles. The van der Waals surface area contributed by atoms with Gasteiger partial charge in [-0.05, 0) is 75.7 Å². The topological polar surface area (TPSA) is 41.9 Å². The molecule has 0 bridgehead atoms. The second-order valence-electron chi connectivity index (χ2n) is 8.35. The van der Waals surface area contributed by atoms with Crippen LogP contribution in [-0.4, -0.2) is 49.0 Å². The molecule has 0 aromatic heterocycles. The number of likely N-dealkylation sites (tertiary alicyclic amines) is 1. The summed E-state index contributed by atoms with van der Waals surface area (Å²) in [6, 6.07) is 6.91. The Kier molecular flexibility index (Phi) is 4.98. The maximum Gasteiger partial charge on any atom is 0.161 e. The van der Waals surface area contributed by atoms with Crippen molar-refractivity contribution in [1.82, 2.24) is 4.90 Å². The number of hydrogen-bond donors (Lipinski definition) is 1. The lowest BCUT2D eigenvalue weighted by Crippen LogP contribution is -2.47. The Balaban J connectivity index is 1.63. The molecule has 4 nitrogen and oxygen atoms in total. The Hall–Kier alpha value is -1.52. The quantitative estimate of drug-likeness (QED) is 0.758. The summed E-state index contributed by atoms with van der Waals surface area (Å²) in [5.74, 6) is 2.39. The molecule has 1 aromatic carbocycles. The SMILES string of the molecule is C=CCOc1cc([C@@]23CC[C@H](O)C[C@@H]2N(C)CC3)ccc1OCC1CC1. The zero-order valence-electron chi connectivity index (χ0n) is 15.8. The predicted molar refractivity (Wildman–Crippen MR) is 103 cm³/mol. The van der Waals surface area contributed by atoms with Gasteiger partial charge >= 0.3 is 0 Å². The molecule has 3 aliphatic rings. The van der Waals surface area contributed by atoms with Gasteiger partial charge in [-0.1, -0.05) is 18.7 Å². The second-order valence-corrected chi connectivity index (χ2v) is 8.35. The van der Waals surface area contributed by atoms with Crippen LogP contribution in [0.1, 0.15) is 44.1 Å². The molecule has 142 valence electrons. The first-order valence-corrected chi connectivity index (χ1v) is 10.0. The van der Waals surface area contributed by atoms with Gasteiger partial charge < -0.3 is 19.5 Å². The minimum absolute atomic E-state index is 0.120. The van der Waals surface area contributed by atoms with Crippen LogP contribution in [0.3, 0.4) is 0 Å². The molecule has 3 fully saturated rings. The number of aliphatic hydroxyl groups excluding tert-OH is 1. The summed E-state index contributed by atoms with van der Waals surface area (Å²) < 4.78 is 12.0. The van der Waals surface area contributed by atoms with E-state index in [0.717, 1.165) is 50.3 Å². The molecule has 3 atom stereocenters. The van der Waals surface area contributed by atoms with Crippen molar-refractivity contribution in [2.45, 2.75) is 56.1 Å². The van der Waals surface area contributed by atoms with E-state index in [9.17, 15) is 5.11 Å². The van der Waals surface area contributed by atoms with E-state index in [1.807, 2.05) is 0 Å². The molecule has 0 radical (unpaired) electrons. The zero-order valence-corrected chi connectivity index (χ0v) is 15.8. The van der Waals surface area contributed by atoms with Gasteiger partial charge in [-0.25, -0.2) is 0 Å². The van der Waals surface area contributed by atoms with Crippen molar-refractivity contribution >= 4 is 0 Å². The van der Waals surface area contributed by atoms with Crippen molar-refractivity contribution in [3.05, 3.63) is 36.4 Å². The Labute approximate surface area is 156 Å². The van der Waals surface area contributed by atoms with Crippen molar-refractivity contribution in [2.24, 2.45) is 5.92 Å². The molecule has 0 spiro atoms. The standard InChI is InChI=1S/C22H31NO3/c1-3-12-25-20-13-17(6-7-19(20)26-15-16-4-5-16)22-9-8-18(24)14-21(22)23(2)11-10-22/h3,6-7,13,16,18,21,24H,1,4-5,8-12,14-15H2,2H3/t18-,21-,22-/m0/s1. The predicted octanol–water partition coefficient (Wildman–Crippen LogP) is 3.53. The van der Waals surface area contributed by atoms with Crippen molar-refractivity contribution in [3.8, 4) is 11.5 Å². The summed E-state index contributed by atoms with van der Waals surface area (Å²) in [6.07, 6.45) is 8.08. The van der Waals surface area contributed by atoms with E-state index in [1.165, 1.54) is 18.4 Å². The summed E-state index contributed by atoms with van der Waals surface area (Å²) in [5, 5.41) is 10.2. The summed E-state index contributed by atoms with van der Waals surface area (Å²) >= 11 is 0. The van der Waals surface area contributed by atoms with E-state index in [2.05, 4.69) is 36.7 Å². The summed E-state index contributed by atoms with van der Waals surface area (Å²) in [5.41, 5.74) is 1.45. The van der Waals surface area contributed by atoms with Crippen LogP contribution in [0.25, 0.3) is 0 Å². The highest BCUT2D eigenvalue weighted by Crippen LogP contribution is 2.50. The van der Waals surface area contributed by atoms with Crippen LogP contribution in [0.4, 0.5) is 0 Å². The maximum absolute atomic E-state index is 10.2. The van der Waals surface area contributed by atoms with E-state index >= 15 is 0 Å². The number of nitrogens with zero attached hydrogens (tertiary/aromatic N) is 1. The van der Waals surface area contributed by atoms with Gasteiger partial charge in [0.1, 0.15) is 6.61 Å². The van der Waals surface area contributed by atoms with E-state index < -0.39 is 0 Å². The normalized spacial score (nSPS) is 31.5. The van der Waals surface area contributed by atoms with Gasteiger partial charge in [0.25, 0.3) is 0 Å². The van der Waals surface area contributed by atoms with Crippen LogP contribution in [-0.2, 0) is 5.41 Å². The van der Waals surface area contributed by atoms with Gasteiger partial charge in [0.15, 0.2) is 11.5 Å². The molecule has 1 aliphatic heterocycles. The molecule has 4 rings (SSSR count). The van der Waals surface area contributed by atoms with Crippen molar-refractivity contribution < 1.29 is 14.6 Å². The third-order valence-corrected chi connectivity index (χ3v) is 6.55. The highest BCUT2D eigenvalue weighted by Gasteiger charge is 2.50. The first-order chi connectivity index (χ1) is 12.6. The van der Waals surface area contributed by atoms with Gasteiger partial charge in [-0.15, -0.1) is 0 Å². The molecular formula is C22H31NO3. The van der Waals surface area contributed by atoms with Crippen LogP contribution >= 0.6 is 0 Å². The molecule has 2 aliphatic carbocycles. The molecular weight excluding hydrogens is 326 g/mol. The largest absolute Gasteiger partial charge is 0.489 e. The molecule has 2 saturated carbocycles. The number of aliphatic hydroxyl groups is 1. The fraction of sp³-hybridized carbons (Fsp3) is 0.636. The molecule has 1 aromatic rings. The van der Waals surface area contributed by atoms with Gasteiger partial charge in [0.2, 0.25) is 0 Å². The Morgan fingerprint density at radius 2 is 2.08 bits per heavy atom. The van der Waals surface area contributed by atoms with Crippen molar-refractivity contribution in [2.75, 3.05) is 26.8 Å². The number of hydrogen-bond acceptors (Lipinski definition) is 4. The minimum atomic E-state index is -0.175. The lowest BCUT2D eigenvalue weighted by atomic mass is 9.65. The van der Waals surface area contributed by atoms with Crippen LogP contribution in [0.5, 0.6) is 11.5 Å². The average Bonchev–Trinajstić information content (AvgIpc) is 3.43. The Morgan fingerprint density at radius 3 is 2.85 bits per heavy atom. The van der Waals surface area contributed by atoms with Crippen LogP contribution in [0.15, 0.2) is 30.9 Å². The van der Waals surface area contributed by atoms with Crippen molar-refractivity contribution in [3.63, 3.8) is 0 Å². The minimum Gasteiger partial charge on any atom is -0.489 e. The Bertz CT molecular complexity index is 657. The molecule has 1 saturated heterocycles. The molecule has 1 N–H and O–H groups in total. The summed E-state index contributed by atoms with van der Waals surface area (Å²) in [7, 11) is 2.19.